The van der Waals surface area contributed by atoms with Crippen LogP contribution < -0.4 is 5.32 Å². The first-order chi connectivity index (χ1) is 10.1. The van der Waals surface area contributed by atoms with Crippen molar-refractivity contribution >= 4 is 32.8 Å². The van der Waals surface area contributed by atoms with E-state index in [-0.39, 0.29) is 0 Å². The zero-order valence-electron chi connectivity index (χ0n) is 12.1. The van der Waals surface area contributed by atoms with Crippen LogP contribution in [0, 0.1) is 6.92 Å². The van der Waals surface area contributed by atoms with Gasteiger partial charge in [0.25, 0.3) is 0 Å². The lowest BCUT2D eigenvalue weighted by molar-refractivity contribution is 0.875. The molecule has 2 aromatic heterocycles. The quantitative estimate of drug-likeness (QED) is 0.786. The predicted octanol–water partition coefficient (Wildman–Crippen LogP) is 3.71. The Morgan fingerprint density at radius 3 is 2.52 bits per heavy atom. The number of benzene rings is 1. The third-order valence-corrected chi connectivity index (χ3v) is 3.66. The van der Waals surface area contributed by atoms with Crippen molar-refractivity contribution in [2.45, 2.75) is 26.8 Å². The third kappa shape index (κ3) is 2.63. The van der Waals surface area contributed by atoms with Crippen LogP contribution in [0.3, 0.4) is 0 Å². The van der Waals surface area contributed by atoms with Gasteiger partial charge in [-0.25, -0.2) is 14.6 Å². The molecule has 3 rings (SSSR count). The molecular formula is C15H16BrN5. The van der Waals surface area contributed by atoms with E-state index in [0.717, 1.165) is 32.7 Å². The predicted molar refractivity (Wildman–Crippen MR) is 87.9 cm³/mol. The summed E-state index contributed by atoms with van der Waals surface area (Å²) >= 11 is 3.45. The molecule has 1 N–H and O–H groups in total. The largest absolute Gasteiger partial charge is 0.367 e. The number of rotatable bonds is 3. The summed E-state index contributed by atoms with van der Waals surface area (Å²) < 4.78 is 2.89. The normalized spacial score (nSPS) is 11.3. The van der Waals surface area contributed by atoms with E-state index in [1.165, 1.54) is 0 Å². The molecular weight excluding hydrogens is 330 g/mol. The van der Waals surface area contributed by atoms with Gasteiger partial charge in [-0.15, -0.1) is 0 Å². The highest BCUT2D eigenvalue weighted by atomic mass is 79.9. The second-order valence-corrected chi connectivity index (χ2v) is 6.11. The van der Waals surface area contributed by atoms with Crippen LogP contribution in [0.4, 0.5) is 5.82 Å². The fourth-order valence-electron chi connectivity index (χ4n) is 2.26. The molecule has 0 aliphatic heterocycles. The molecule has 3 aromatic rings. The molecule has 0 atom stereocenters. The first-order valence-electron chi connectivity index (χ1n) is 6.79. The molecule has 1 aromatic carbocycles. The number of hydrogen-bond acceptors (Lipinski definition) is 4. The minimum atomic E-state index is 0.304. The van der Waals surface area contributed by atoms with Crippen LogP contribution in [0.15, 0.2) is 35.1 Å². The maximum atomic E-state index is 4.62. The molecule has 0 amide bonds. The number of nitrogens with one attached hydrogen (secondary N) is 1. The number of aromatic nitrogens is 4. The van der Waals surface area contributed by atoms with E-state index >= 15 is 0 Å². The van der Waals surface area contributed by atoms with Gasteiger partial charge in [0.2, 0.25) is 0 Å². The maximum Gasteiger partial charge on any atom is 0.168 e. The van der Waals surface area contributed by atoms with E-state index in [2.05, 4.69) is 50.2 Å². The van der Waals surface area contributed by atoms with Gasteiger partial charge in [-0.1, -0.05) is 15.9 Å². The van der Waals surface area contributed by atoms with E-state index in [9.17, 15) is 0 Å². The lowest BCUT2D eigenvalue weighted by atomic mass is 10.2. The summed E-state index contributed by atoms with van der Waals surface area (Å²) in [6.07, 6.45) is 1.57. The van der Waals surface area contributed by atoms with Gasteiger partial charge < -0.3 is 5.32 Å². The number of anilines is 1. The van der Waals surface area contributed by atoms with Crippen molar-refractivity contribution in [3.8, 4) is 5.69 Å². The van der Waals surface area contributed by atoms with Crippen molar-refractivity contribution in [2.24, 2.45) is 0 Å². The van der Waals surface area contributed by atoms with Crippen LogP contribution >= 0.6 is 15.9 Å². The summed E-state index contributed by atoms with van der Waals surface area (Å²) in [5.41, 5.74) is 2.70. The minimum Gasteiger partial charge on any atom is -0.367 e. The minimum absolute atomic E-state index is 0.304. The van der Waals surface area contributed by atoms with Crippen LogP contribution in [-0.2, 0) is 0 Å². The molecule has 0 aliphatic carbocycles. The summed E-state index contributed by atoms with van der Waals surface area (Å²) in [6, 6.07) is 8.30. The van der Waals surface area contributed by atoms with Crippen molar-refractivity contribution in [3.05, 3.63) is 40.8 Å². The lowest BCUT2D eigenvalue weighted by Crippen LogP contribution is -2.11. The van der Waals surface area contributed by atoms with Crippen LogP contribution in [0.25, 0.3) is 16.7 Å². The third-order valence-electron chi connectivity index (χ3n) is 3.14. The van der Waals surface area contributed by atoms with Gasteiger partial charge in [0.15, 0.2) is 5.65 Å². The molecule has 108 valence electrons. The van der Waals surface area contributed by atoms with Crippen molar-refractivity contribution in [1.29, 1.82) is 0 Å². The van der Waals surface area contributed by atoms with E-state index in [1.807, 2.05) is 35.9 Å². The highest BCUT2D eigenvalue weighted by molar-refractivity contribution is 9.10. The van der Waals surface area contributed by atoms with Crippen LogP contribution in [0.5, 0.6) is 0 Å². The second kappa shape index (κ2) is 5.44. The molecule has 0 bridgehead atoms. The van der Waals surface area contributed by atoms with Crippen LogP contribution in [-0.4, -0.2) is 25.8 Å². The molecule has 2 heterocycles. The number of halogens is 1. The molecule has 0 aliphatic rings. The maximum absolute atomic E-state index is 4.62. The summed E-state index contributed by atoms with van der Waals surface area (Å²) in [5.74, 6) is 0.830. The highest BCUT2D eigenvalue weighted by Gasteiger charge is 2.15. The Hall–Kier alpha value is -1.95. The molecule has 0 spiro atoms. The average Bonchev–Trinajstić information content (AvgIpc) is 2.78. The zero-order chi connectivity index (χ0) is 15.0. The van der Waals surface area contributed by atoms with Crippen molar-refractivity contribution < 1.29 is 0 Å². The molecule has 0 saturated carbocycles. The second-order valence-electron chi connectivity index (χ2n) is 5.19. The number of aryl methyl sites for hydroxylation is 1. The zero-order valence-corrected chi connectivity index (χ0v) is 13.7. The Morgan fingerprint density at radius 2 is 1.86 bits per heavy atom. The first-order valence-corrected chi connectivity index (χ1v) is 7.58. The van der Waals surface area contributed by atoms with Gasteiger partial charge in [0, 0.05) is 10.5 Å². The van der Waals surface area contributed by atoms with E-state index in [1.54, 1.807) is 6.33 Å². The topological polar surface area (TPSA) is 55.6 Å². The summed E-state index contributed by atoms with van der Waals surface area (Å²) in [7, 11) is 0. The van der Waals surface area contributed by atoms with E-state index in [4.69, 9.17) is 0 Å². The SMILES string of the molecule is Cc1nn(-c2ccc(Br)cc2)c2ncnc(NC(C)C)c12. The Balaban J connectivity index is 2.19. The Morgan fingerprint density at radius 1 is 1.14 bits per heavy atom. The van der Waals surface area contributed by atoms with Gasteiger partial charge in [0.1, 0.15) is 12.1 Å². The summed E-state index contributed by atoms with van der Waals surface area (Å²) in [4.78, 5) is 8.75. The van der Waals surface area contributed by atoms with Crippen molar-refractivity contribution in [2.75, 3.05) is 5.32 Å². The monoisotopic (exact) mass is 345 g/mol. The molecule has 6 heteroatoms. The van der Waals surface area contributed by atoms with Crippen LogP contribution in [0.2, 0.25) is 0 Å². The van der Waals surface area contributed by atoms with Gasteiger partial charge in [0.05, 0.1) is 16.8 Å². The average molecular weight is 346 g/mol. The van der Waals surface area contributed by atoms with E-state index < -0.39 is 0 Å². The number of nitrogens with zero attached hydrogens (tertiary/aromatic N) is 4. The first kappa shape index (κ1) is 14.0. The molecule has 0 fully saturated rings. The number of hydrogen-bond donors (Lipinski definition) is 1. The molecule has 21 heavy (non-hydrogen) atoms. The Bertz CT molecular complexity index is 777. The Labute approximate surface area is 131 Å². The van der Waals surface area contributed by atoms with Gasteiger partial charge in [-0.05, 0) is 45.0 Å². The molecule has 0 saturated heterocycles. The molecule has 0 unspecified atom stereocenters. The smallest absolute Gasteiger partial charge is 0.168 e. The van der Waals surface area contributed by atoms with E-state index in [0.29, 0.717) is 6.04 Å². The molecule has 0 radical (unpaired) electrons. The van der Waals surface area contributed by atoms with Crippen LogP contribution in [0.1, 0.15) is 19.5 Å². The number of fused-ring (bicyclic) bond motifs is 1. The van der Waals surface area contributed by atoms with Gasteiger partial charge in [-0.2, -0.15) is 5.10 Å². The van der Waals surface area contributed by atoms with Gasteiger partial charge in [-0.3, -0.25) is 0 Å². The lowest BCUT2D eigenvalue weighted by Gasteiger charge is -2.09. The van der Waals surface area contributed by atoms with Crippen molar-refractivity contribution in [3.63, 3.8) is 0 Å². The Kier molecular flexibility index (Phi) is 3.63. The molecule has 5 nitrogen and oxygen atoms in total. The van der Waals surface area contributed by atoms with Gasteiger partial charge >= 0.3 is 0 Å². The van der Waals surface area contributed by atoms with Crippen molar-refractivity contribution in [1.82, 2.24) is 19.7 Å². The fourth-order valence-corrected chi connectivity index (χ4v) is 2.53. The highest BCUT2D eigenvalue weighted by Crippen LogP contribution is 2.26. The standard InChI is InChI=1S/C15H16BrN5/c1-9(2)19-14-13-10(3)20-21(15(13)18-8-17-14)12-6-4-11(16)5-7-12/h4-9H,1-3H3,(H,17,18,19). The fraction of sp³-hybridized carbons (Fsp3) is 0.267. The summed E-state index contributed by atoms with van der Waals surface area (Å²) in [5, 5.41) is 8.93. The summed E-state index contributed by atoms with van der Waals surface area (Å²) in [6.45, 7) is 6.15.